The molecule has 0 aliphatic heterocycles. The number of allylic oxidation sites excluding steroid dienone is 1. The molecule has 1 atom stereocenters. The van der Waals surface area contributed by atoms with Crippen molar-refractivity contribution in [1.29, 1.82) is 5.26 Å². The minimum Gasteiger partial charge on any atom is -0.341 e. The smallest absolute Gasteiger partial charge is 0.0641 e. The highest BCUT2D eigenvalue weighted by Gasteiger charge is 2.18. The van der Waals surface area contributed by atoms with Gasteiger partial charge < -0.3 is 10.3 Å². The Kier molecular flexibility index (Phi) is 3.50. The first-order chi connectivity index (χ1) is 8.70. The summed E-state index contributed by atoms with van der Waals surface area (Å²) in [5, 5.41) is 9.96. The number of rotatable bonds is 4. The van der Waals surface area contributed by atoms with Crippen LogP contribution in [0.5, 0.6) is 0 Å². The van der Waals surface area contributed by atoms with E-state index in [4.69, 9.17) is 11.0 Å². The average molecular weight is 239 g/mol. The van der Waals surface area contributed by atoms with Crippen LogP contribution in [-0.2, 0) is 6.54 Å². The van der Waals surface area contributed by atoms with Crippen molar-refractivity contribution < 1.29 is 0 Å². The van der Waals surface area contributed by atoms with Crippen LogP contribution in [0.4, 0.5) is 0 Å². The molecule has 2 N–H and O–H groups in total. The molecule has 0 radical (unpaired) electrons. The zero-order chi connectivity index (χ0) is 13.1. The van der Waals surface area contributed by atoms with E-state index in [-0.39, 0.29) is 6.04 Å². The molecule has 0 amide bonds. The van der Waals surface area contributed by atoms with E-state index in [2.05, 4.69) is 36.3 Å². The third-order valence-corrected chi connectivity index (χ3v) is 3.27. The largest absolute Gasteiger partial charge is 0.341 e. The van der Waals surface area contributed by atoms with Crippen molar-refractivity contribution in [2.45, 2.75) is 25.9 Å². The molecule has 0 spiro atoms. The van der Waals surface area contributed by atoms with Crippen molar-refractivity contribution in [3.05, 3.63) is 48.2 Å². The van der Waals surface area contributed by atoms with E-state index in [1.165, 1.54) is 0 Å². The maximum absolute atomic E-state index is 8.82. The SMILES string of the molecule is C=CCn1c(C)c([C@H](N)CC#N)c2ccccc21. The fraction of sp³-hybridized carbons (Fsp3) is 0.267. The highest BCUT2D eigenvalue weighted by Crippen LogP contribution is 2.30. The number of aromatic nitrogens is 1. The van der Waals surface area contributed by atoms with Crippen molar-refractivity contribution in [2.75, 3.05) is 0 Å². The van der Waals surface area contributed by atoms with E-state index < -0.39 is 0 Å². The third kappa shape index (κ3) is 1.92. The van der Waals surface area contributed by atoms with Crippen LogP contribution in [0, 0.1) is 18.3 Å². The monoisotopic (exact) mass is 239 g/mol. The van der Waals surface area contributed by atoms with Crippen molar-refractivity contribution in [3.63, 3.8) is 0 Å². The Bertz CT molecular complexity index is 616. The lowest BCUT2D eigenvalue weighted by Crippen LogP contribution is -2.11. The zero-order valence-corrected chi connectivity index (χ0v) is 10.6. The number of nitrogens with zero attached hydrogens (tertiary/aromatic N) is 2. The fourth-order valence-corrected chi connectivity index (χ4v) is 2.49. The molecule has 0 bridgehead atoms. The Morgan fingerprint density at radius 3 is 2.89 bits per heavy atom. The number of fused-ring (bicyclic) bond motifs is 1. The van der Waals surface area contributed by atoms with Crippen LogP contribution in [0.15, 0.2) is 36.9 Å². The van der Waals surface area contributed by atoms with Crippen molar-refractivity contribution >= 4 is 10.9 Å². The molecule has 0 aliphatic carbocycles. The van der Waals surface area contributed by atoms with E-state index in [1.54, 1.807) is 0 Å². The van der Waals surface area contributed by atoms with Gasteiger partial charge in [-0.05, 0) is 18.6 Å². The molecule has 0 unspecified atom stereocenters. The van der Waals surface area contributed by atoms with Crippen molar-refractivity contribution in [2.24, 2.45) is 5.73 Å². The maximum atomic E-state index is 8.82. The first-order valence-corrected chi connectivity index (χ1v) is 6.01. The Labute approximate surface area is 107 Å². The summed E-state index contributed by atoms with van der Waals surface area (Å²) in [6, 6.07) is 10.1. The average Bonchev–Trinajstić information content (AvgIpc) is 2.64. The zero-order valence-electron chi connectivity index (χ0n) is 10.6. The lowest BCUT2D eigenvalue weighted by Gasteiger charge is -2.09. The summed E-state index contributed by atoms with van der Waals surface area (Å²) in [5.41, 5.74) is 9.47. The molecule has 92 valence electrons. The van der Waals surface area contributed by atoms with Crippen LogP contribution in [0.3, 0.4) is 0 Å². The first kappa shape index (κ1) is 12.4. The summed E-state index contributed by atoms with van der Waals surface area (Å²) in [4.78, 5) is 0. The number of benzene rings is 1. The second kappa shape index (κ2) is 5.07. The summed E-state index contributed by atoms with van der Waals surface area (Å²) in [6.07, 6.45) is 2.21. The van der Waals surface area contributed by atoms with E-state index in [9.17, 15) is 0 Å². The predicted molar refractivity (Wildman–Crippen MR) is 74.0 cm³/mol. The Morgan fingerprint density at radius 1 is 1.50 bits per heavy atom. The summed E-state index contributed by atoms with van der Waals surface area (Å²) < 4.78 is 2.19. The number of hydrogen-bond acceptors (Lipinski definition) is 2. The van der Waals surface area contributed by atoms with E-state index in [0.717, 1.165) is 28.7 Å². The topological polar surface area (TPSA) is 54.7 Å². The third-order valence-electron chi connectivity index (χ3n) is 3.27. The van der Waals surface area contributed by atoms with E-state index in [0.29, 0.717) is 6.42 Å². The molecule has 0 saturated heterocycles. The number of para-hydroxylation sites is 1. The second-order valence-corrected chi connectivity index (χ2v) is 4.38. The van der Waals surface area contributed by atoms with Crippen LogP contribution in [-0.4, -0.2) is 4.57 Å². The molecule has 2 aromatic rings. The van der Waals surface area contributed by atoms with Crippen LogP contribution in [0.25, 0.3) is 10.9 Å². The van der Waals surface area contributed by atoms with Crippen LogP contribution in [0.2, 0.25) is 0 Å². The molecule has 1 aromatic carbocycles. The molecule has 1 aromatic heterocycles. The van der Waals surface area contributed by atoms with Gasteiger partial charge >= 0.3 is 0 Å². The Hall–Kier alpha value is -2.05. The maximum Gasteiger partial charge on any atom is 0.0641 e. The van der Waals surface area contributed by atoms with Gasteiger partial charge in [0, 0.05) is 29.2 Å². The van der Waals surface area contributed by atoms with E-state index >= 15 is 0 Å². The van der Waals surface area contributed by atoms with Crippen molar-refractivity contribution in [1.82, 2.24) is 4.57 Å². The van der Waals surface area contributed by atoms with Gasteiger partial charge in [0.1, 0.15) is 0 Å². The lowest BCUT2D eigenvalue weighted by atomic mass is 10.0. The van der Waals surface area contributed by atoms with Gasteiger partial charge in [-0.2, -0.15) is 5.26 Å². The van der Waals surface area contributed by atoms with Crippen LogP contribution < -0.4 is 5.73 Å². The summed E-state index contributed by atoms with van der Waals surface area (Å²) >= 11 is 0. The molecule has 1 heterocycles. The van der Waals surface area contributed by atoms with Gasteiger partial charge in [-0.1, -0.05) is 24.3 Å². The quantitative estimate of drug-likeness (QED) is 0.834. The molecule has 0 saturated carbocycles. The van der Waals surface area contributed by atoms with Gasteiger partial charge in [0.2, 0.25) is 0 Å². The number of nitriles is 1. The fourth-order valence-electron chi connectivity index (χ4n) is 2.49. The second-order valence-electron chi connectivity index (χ2n) is 4.38. The number of hydrogen-bond donors (Lipinski definition) is 1. The molecular formula is C15H17N3. The summed E-state index contributed by atoms with van der Waals surface area (Å²) in [7, 11) is 0. The minimum absolute atomic E-state index is 0.231. The minimum atomic E-state index is -0.231. The van der Waals surface area contributed by atoms with Crippen LogP contribution in [0.1, 0.15) is 23.7 Å². The summed E-state index contributed by atoms with van der Waals surface area (Å²) in [6.45, 7) is 6.60. The highest BCUT2D eigenvalue weighted by molar-refractivity contribution is 5.86. The first-order valence-electron chi connectivity index (χ1n) is 6.01. The standard InChI is InChI=1S/C15H17N3/c1-3-10-18-11(2)15(13(17)8-9-16)12-6-4-5-7-14(12)18/h3-7,13H,1,8,10,17H2,2H3/t13-/m1/s1. The predicted octanol–water partition coefficient (Wildman–Crippen LogP) is 3.05. The molecular weight excluding hydrogens is 222 g/mol. The molecule has 3 nitrogen and oxygen atoms in total. The number of nitrogens with two attached hydrogens (primary N) is 1. The normalized spacial score (nSPS) is 12.3. The van der Waals surface area contributed by atoms with Crippen LogP contribution >= 0.6 is 0 Å². The highest BCUT2D eigenvalue weighted by atomic mass is 15.0. The summed E-state index contributed by atoms with van der Waals surface area (Å²) in [5.74, 6) is 0. The van der Waals surface area contributed by atoms with Gasteiger partial charge in [0.05, 0.1) is 12.5 Å². The van der Waals surface area contributed by atoms with Gasteiger partial charge in [0.15, 0.2) is 0 Å². The lowest BCUT2D eigenvalue weighted by molar-refractivity contribution is 0.728. The molecule has 18 heavy (non-hydrogen) atoms. The van der Waals surface area contributed by atoms with Crippen molar-refractivity contribution in [3.8, 4) is 6.07 Å². The van der Waals surface area contributed by atoms with Gasteiger partial charge in [-0.3, -0.25) is 0 Å². The molecule has 0 aliphatic rings. The van der Waals surface area contributed by atoms with Gasteiger partial charge in [0.25, 0.3) is 0 Å². The Morgan fingerprint density at radius 2 is 2.22 bits per heavy atom. The molecule has 0 fully saturated rings. The molecule has 3 heteroatoms. The van der Waals surface area contributed by atoms with Gasteiger partial charge in [-0.15, -0.1) is 6.58 Å². The Balaban J connectivity index is 2.69. The van der Waals surface area contributed by atoms with Gasteiger partial charge in [-0.25, -0.2) is 0 Å². The molecule has 2 rings (SSSR count). The van der Waals surface area contributed by atoms with E-state index in [1.807, 2.05) is 18.2 Å².